The van der Waals surface area contributed by atoms with E-state index in [4.69, 9.17) is 23.4 Å². The first-order chi connectivity index (χ1) is 18.3. The zero-order chi connectivity index (χ0) is 28.2. The van der Waals surface area contributed by atoms with Crippen molar-refractivity contribution >= 4 is 8.32 Å². The monoisotopic (exact) mass is 560 g/mol. The van der Waals surface area contributed by atoms with Gasteiger partial charge in [-0.15, -0.1) is 0 Å². The van der Waals surface area contributed by atoms with Crippen LogP contribution in [0.25, 0.3) is 0 Å². The summed E-state index contributed by atoms with van der Waals surface area (Å²) in [5.74, 6) is 0. The lowest BCUT2D eigenvalue weighted by Crippen LogP contribution is -2.41. The van der Waals surface area contributed by atoms with Gasteiger partial charge >= 0.3 is 0 Å². The summed E-state index contributed by atoms with van der Waals surface area (Å²) in [5, 5.41) is 0.243. The molecule has 0 aliphatic carbocycles. The molecule has 0 aromatic carbocycles. The topological polar surface area (TPSA) is 46.2 Å². The Kier molecular flexibility index (Phi) is 27.2. The minimum absolute atomic E-state index is 0.243. The molecule has 0 amide bonds. The first kappa shape index (κ1) is 38.0. The highest BCUT2D eigenvalue weighted by Gasteiger charge is 2.36. The van der Waals surface area contributed by atoms with Crippen molar-refractivity contribution in [2.24, 2.45) is 0 Å². The van der Waals surface area contributed by atoms with Crippen LogP contribution in [0.5, 0.6) is 0 Å². The van der Waals surface area contributed by atoms with Gasteiger partial charge in [0.1, 0.15) is 0 Å². The Labute approximate surface area is 239 Å². The van der Waals surface area contributed by atoms with Gasteiger partial charge in [-0.2, -0.15) is 0 Å². The van der Waals surface area contributed by atoms with E-state index in [0.29, 0.717) is 52.9 Å². The van der Waals surface area contributed by atoms with E-state index in [2.05, 4.69) is 40.8 Å². The van der Waals surface area contributed by atoms with Gasteiger partial charge in [0, 0.05) is 6.61 Å². The third-order valence-electron chi connectivity index (χ3n) is 7.76. The van der Waals surface area contributed by atoms with E-state index in [1.165, 1.54) is 103 Å². The van der Waals surface area contributed by atoms with Crippen LogP contribution in [0, 0.1) is 0 Å². The second kappa shape index (κ2) is 27.2. The molecule has 0 bridgehead atoms. The van der Waals surface area contributed by atoms with E-state index >= 15 is 0 Å². The fourth-order valence-corrected chi connectivity index (χ4v) is 5.11. The predicted molar refractivity (Wildman–Crippen MR) is 166 cm³/mol. The maximum absolute atomic E-state index is 6.09. The molecule has 0 aliphatic rings. The maximum Gasteiger partial charge on any atom is 0.192 e. The van der Waals surface area contributed by atoms with Gasteiger partial charge in [0.15, 0.2) is 8.32 Å². The SMILES string of the molecule is CCCCCCCCCCCCCCCCCCOCCOCCOCCOCCO[Si](C)(C)C(C)(C)C. The highest BCUT2D eigenvalue weighted by atomic mass is 28.4. The van der Waals surface area contributed by atoms with Gasteiger partial charge in [0.2, 0.25) is 0 Å². The van der Waals surface area contributed by atoms with Crippen molar-refractivity contribution in [1.82, 2.24) is 0 Å². The molecular weight excluding hydrogens is 492 g/mol. The van der Waals surface area contributed by atoms with Crippen LogP contribution in [0.1, 0.15) is 130 Å². The molecule has 230 valence electrons. The molecule has 0 saturated carbocycles. The number of hydrogen-bond donors (Lipinski definition) is 0. The van der Waals surface area contributed by atoms with E-state index in [0.717, 1.165) is 6.61 Å². The van der Waals surface area contributed by atoms with Crippen LogP contribution in [0.4, 0.5) is 0 Å². The Morgan fingerprint density at radius 1 is 0.395 bits per heavy atom. The van der Waals surface area contributed by atoms with Gasteiger partial charge in [-0.05, 0) is 24.6 Å². The Bertz CT molecular complexity index is 467. The Hall–Kier alpha value is 0.0169. The normalized spacial score (nSPS) is 12.5. The Balaban J connectivity index is 3.13. The average molecular weight is 561 g/mol. The van der Waals surface area contributed by atoms with Crippen LogP contribution in [-0.4, -0.2) is 67.8 Å². The molecule has 5 nitrogen and oxygen atoms in total. The third kappa shape index (κ3) is 26.3. The number of unbranched alkanes of at least 4 members (excludes halogenated alkanes) is 15. The zero-order valence-corrected chi connectivity index (χ0v) is 27.7. The van der Waals surface area contributed by atoms with Crippen molar-refractivity contribution in [2.45, 2.75) is 149 Å². The van der Waals surface area contributed by atoms with Crippen LogP contribution in [0.15, 0.2) is 0 Å². The van der Waals surface area contributed by atoms with E-state index in [9.17, 15) is 0 Å². The zero-order valence-electron chi connectivity index (χ0n) is 26.7. The fourth-order valence-electron chi connectivity index (χ4n) is 4.09. The molecule has 0 heterocycles. The molecule has 6 heteroatoms. The summed E-state index contributed by atoms with van der Waals surface area (Å²) in [6.45, 7) is 19.5. The quantitative estimate of drug-likeness (QED) is 0.0647. The summed E-state index contributed by atoms with van der Waals surface area (Å²) < 4.78 is 28.5. The van der Waals surface area contributed by atoms with Crippen molar-refractivity contribution in [1.29, 1.82) is 0 Å². The molecule has 0 fully saturated rings. The lowest BCUT2D eigenvalue weighted by atomic mass is 10.0. The average Bonchev–Trinajstić information content (AvgIpc) is 2.87. The summed E-state index contributed by atoms with van der Waals surface area (Å²) in [7, 11) is -1.67. The van der Waals surface area contributed by atoms with Crippen molar-refractivity contribution in [3.8, 4) is 0 Å². The molecule has 0 atom stereocenters. The van der Waals surface area contributed by atoms with E-state index in [1.54, 1.807) is 0 Å². The van der Waals surface area contributed by atoms with Crippen molar-refractivity contribution in [3.05, 3.63) is 0 Å². The van der Waals surface area contributed by atoms with Crippen LogP contribution in [0.3, 0.4) is 0 Å². The van der Waals surface area contributed by atoms with Crippen molar-refractivity contribution in [2.75, 3.05) is 59.5 Å². The highest BCUT2D eigenvalue weighted by Crippen LogP contribution is 2.36. The molecule has 0 rings (SSSR count). The largest absolute Gasteiger partial charge is 0.414 e. The van der Waals surface area contributed by atoms with Crippen LogP contribution in [0.2, 0.25) is 18.1 Å². The molecule has 0 aromatic heterocycles. The lowest BCUT2D eigenvalue weighted by molar-refractivity contribution is -0.00530. The summed E-state index contributed by atoms with van der Waals surface area (Å²) in [6.07, 6.45) is 22.4. The fraction of sp³-hybridized carbons (Fsp3) is 1.00. The molecule has 0 saturated heterocycles. The van der Waals surface area contributed by atoms with Gasteiger partial charge in [-0.3, -0.25) is 0 Å². The molecule has 0 aromatic rings. The second-order valence-electron chi connectivity index (χ2n) is 12.4. The molecule has 0 radical (unpaired) electrons. The first-order valence-corrected chi connectivity index (χ1v) is 19.2. The van der Waals surface area contributed by atoms with Crippen LogP contribution < -0.4 is 0 Å². The molecule has 0 spiro atoms. The van der Waals surface area contributed by atoms with E-state index in [1.807, 2.05) is 0 Å². The number of ether oxygens (including phenoxy) is 4. The molecular formula is C32H68O5Si. The predicted octanol–water partition coefficient (Wildman–Crippen LogP) is 9.34. The summed E-state index contributed by atoms with van der Waals surface area (Å²) >= 11 is 0. The standard InChI is InChI=1S/C32H68O5Si/c1-7-8-9-10-11-12-13-14-15-16-17-18-19-20-21-22-23-33-24-25-34-26-27-35-28-29-36-30-31-37-38(5,6)32(2,3)4/h7-31H2,1-6H3. The highest BCUT2D eigenvalue weighted by molar-refractivity contribution is 6.74. The molecule has 0 N–H and O–H groups in total. The minimum atomic E-state index is -1.67. The van der Waals surface area contributed by atoms with Crippen molar-refractivity contribution in [3.63, 3.8) is 0 Å². The third-order valence-corrected chi connectivity index (χ3v) is 12.3. The smallest absolute Gasteiger partial charge is 0.192 e. The van der Waals surface area contributed by atoms with Gasteiger partial charge in [-0.1, -0.05) is 124 Å². The van der Waals surface area contributed by atoms with Gasteiger partial charge in [-0.25, -0.2) is 0 Å². The van der Waals surface area contributed by atoms with Crippen molar-refractivity contribution < 1.29 is 23.4 Å². The lowest BCUT2D eigenvalue weighted by Gasteiger charge is -2.36. The first-order valence-electron chi connectivity index (χ1n) is 16.3. The summed E-state index contributed by atoms with van der Waals surface area (Å²) in [5.41, 5.74) is 0. The van der Waals surface area contributed by atoms with Crippen LogP contribution >= 0.6 is 0 Å². The summed E-state index contributed by atoms with van der Waals surface area (Å²) in [6, 6.07) is 0. The maximum atomic E-state index is 6.09. The van der Waals surface area contributed by atoms with Gasteiger partial charge in [0.25, 0.3) is 0 Å². The Morgan fingerprint density at radius 3 is 1.03 bits per heavy atom. The molecule has 0 aliphatic heterocycles. The number of hydrogen-bond acceptors (Lipinski definition) is 5. The van der Waals surface area contributed by atoms with Crippen LogP contribution in [-0.2, 0) is 23.4 Å². The molecule has 38 heavy (non-hydrogen) atoms. The minimum Gasteiger partial charge on any atom is -0.414 e. The summed E-state index contributed by atoms with van der Waals surface area (Å²) in [4.78, 5) is 0. The van der Waals surface area contributed by atoms with E-state index < -0.39 is 8.32 Å². The Morgan fingerprint density at radius 2 is 0.684 bits per heavy atom. The molecule has 0 unspecified atom stereocenters. The van der Waals surface area contributed by atoms with Gasteiger partial charge in [0.05, 0.1) is 52.9 Å². The van der Waals surface area contributed by atoms with Gasteiger partial charge < -0.3 is 23.4 Å². The van der Waals surface area contributed by atoms with E-state index in [-0.39, 0.29) is 5.04 Å². The number of rotatable bonds is 30. The second-order valence-corrected chi connectivity index (χ2v) is 17.2.